The van der Waals surface area contributed by atoms with Gasteiger partial charge in [-0.3, -0.25) is 19.2 Å². The van der Waals surface area contributed by atoms with Crippen molar-refractivity contribution < 1.29 is 4.79 Å². The molecule has 0 bridgehead atoms. The fourth-order valence-corrected chi connectivity index (χ4v) is 5.80. The molecule has 8 heteroatoms. The summed E-state index contributed by atoms with van der Waals surface area (Å²) in [7, 11) is 0. The molecule has 4 heterocycles. The molecule has 3 aliphatic rings. The van der Waals surface area contributed by atoms with E-state index in [2.05, 4.69) is 21.9 Å². The average Bonchev–Trinajstić information content (AvgIpc) is 3.48. The fraction of sp³-hybridized carbons (Fsp3) is 0.667. The summed E-state index contributed by atoms with van der Waals surface area (Å²) in [5.74, 6) is 1.58. The molecule has 0 radical (unpaired) electrons. The first kappa shape index (κ1) is 21.4. The van der Waals surface area contributed by atoms with E-state index in [0.29, 0.717) is 43.4 Å². The molecule has 2 aromatic rings. The Labute approximate surface area is 189 Å². The summed E-state index contributed by atoms with van der Waals surface area (Å²) in [6.45, 7) is 6.93. The molecular formula is C24H34N6O2. The van der Waals surface area contributed by atoms with Crippen LogP contribution in [0.15, 0.2) is 17.1 Å². The highest BCUT2D eigenvalue weighted by Crippen LogP contribution is 2.37. The van der Waals surface area contributed by atoms with E-state index in [1.165, 1.54) is 25.7 Å². The number of aromatic nitrogens is 4. The highest BCUT2D eigenvalue weighted by atomic mass is 16.2. The Bertz CT molecular complexity index is 1040. The quantitative estimate of drug-likeness (QED) is 0.793. The lowest BCUT2D eigenvalue weighted by atomic mass is 9.86. The predicted octanol–water partition coefficient (Wildman–Crippen LogP) is 2.90. The zero-order chi connectivity index (χ0) is 22.2. The van der Waals surface area contributed by atoms with Gasteiger partial charge < -0.3 is 9.88 Å². The Morgan fingerprint density at radius 1 is 1.19 bits per heavy atom. The molecule has 1 saturated heterocycles. The van der Waals surface area contributed by atoms with E-state index in [0.717, 1.165) is 36.8 Å². The van der Waals surface area contributed by atoms with Crippen LogP contribution in [-0.2, 0) is 19.5 Å². The summed E-state index contributed by atoms with van der Waals surface area (Å²) < 4.78 is 1.70. The Balaban J connectivity index is 1.35. The van der Waals surface area contributed by atoms with Gasteiger partial charge in [0.05, 0.1) is 23.8 Å². The van der Waals surface area contributed by atoms with Gasteiger partial charge in [0.25, 0.3) is 11.5 Å². The average molecular weight is 439 g/mol. The Morgan fingerprint density at radius 3 is 2.78 bits per heavy atom. The molecule has 1 saturated carbocycles. The third-order valence-electron chi connectivity index (χ3n) is 7.67. The lowest BCUT2D eigenvalue weighted by Gasteiger charge is -2.37. The minimum atomic E-state index is -0.0874. The van der Waals surface area contributed by atoms with Crippen molar-refractivity contribution in [2.75, 3.05) is 13.1 Å². The highest BCUT2D eigenvalue weighted by Gasteiger charge is 2.36. The monoisotopic (exact) mass is 438 g/mol. The second kappa shape index (κ2) is 8.81. The van der Waals surface area contributed by atoms with E-state index in [1.54, 1.807) is 21.8 Å². The minimum absolute atomic E-state index is 0.0769. The summed E-state index contributed by atoms with van der Waals surface area (Å²) in [6, 6.07) is 2.56. The first-order chi connectivity index (χ1) is 15.5. The lowest BCUT2D eigenvalue weighted by Crippen LogP contribution is -2.42. The first-order valence-corrected chi connectivity index (χ1v) is 12.2. The number of carbonyl (C=O) groups excluding carboxylic acids is 1. The number of aromatic amines is 1. The third kappa shape index (κ3) is 3.89. The van der Waals surface area contributed by atoms with Crippen molar-refractivity contribution in [3.8, 4) is 0 Å². The van der Waals surface area contributed by atoms with Crippen molar-refractivity contribution in [2.24, 2.45) is 5.92 Å². The van der Waals surface area contributed by atoms with Crippen molar-refractivity contribution in [2.45, 2.75) is 84.0 Å². The van der Waals surface area contributed by atoms with Crippen LogP contribution in [0.1, 0.15) is 86.0 Å². The molecule has 32 heavy (non-hydrogen) atoms. The van der Waals surface area contributed by atoms with Crippen molar-refractivity contribution in [1.82, 2.24) is 29.5 Å². The fourth-order valence-electron chi connectivity index (χ4n) is 5.80. The van der Waals surface area contributed by atoms with Crippen molar-refractivity contribution >= 4 is 5.91 Å². The number of likely N-dealkylation sites (tertiary alicyclic amines) is 1. The topological polar surface area (TPSA) is 87.1 Å². The van der Waals surface area contributed by atoms with Crippen LogP contribution in [0.3, 0.4) is 0 Å². The maximum Gasteiger partial charge on any atom is 0.272 e. The Hall–Kier alpha value is -2.48. The number of H-pyrrole nitrogens is 1. The number of nitrogens with zero attached hydrogens (tertiary/aromatic N) is 5. The number of amides is 1. The van der Waals surface area contributed by atoms with Gasteiger partial charge in [-0.2, -0.15) is 5.10 Å². The lowest BCUT2D eigenvalue weighted by molar-refractivity contribution is 0.0719. The second-order valence-corrected chi connectivity index (χ2v) is 9.69. The van der Waals surface area contributed by atoms with Crippen LogP contribution >= 0.6 is 0 Å². The number of aryl methyl sites for hydroxylation is 1. The van der Waals surface area contributed by atoms with E-state index in [4.69, 9.17) is 4.98 Å². The number of rotatable bonds is 4. The summed E-state index contributed by atoms with van der Waals surface area (Å²) in [5.41, 5.74) is 1.98. The van der Waals surface area contributed by atoms with Crippen LogP contribution in [0.5, 0.6) is 0 Å². The Morgan fingerprint density at radius 2 is 2.00 bits per heavy atom. The van der Waals surface area contributed by atoms with Crippen LogP contribution in [0.25, 0.3) is 0 Å². The molecule has 172 valence electrons. The molecule has 2 aliphatic heterocycles. The number of carbonyl (C=O) groups is 1. The second-order valence-electron chi connectivity index (χ2n) is 9.69. The largest absolute Gasteiger partial charge is 0.332 e. The van der Waals surface area contributed by atoms with Crippen molar-refractivity contribution in [3.63, 3.8) is 0 Å². The maximum atomic E-state index is 13.1. The molecule has 2 fully saturated rings. The van der Waals surface area contributed by atoms with Gasteiger partial charge >= 0.3 is 0 Å². The molecule has 1 N–H and O–H groups in total. The zero-order valence-electron chi connectivity index (χ0n) is 19.2. The summed E-state index contributed by atoms with van der Waals surface area (Å²) in [5, 5.41) is 4.20. The van der Waals surface area contributed by atoms with Crippen LogP contribution in [0.4, 0.5) is 0 Å². The van der Waals surface area contributed by atoms with Crippen molar-refractivity contribution in [1.29, 1.82) is 0 Å². The standard InChI is InChI=1S/C24H34N6O2/c1-3-30-21(10-12-25-30)24(32)28-14-11-19-18(15-28)23(31)27-22(26-19)20-5-4-13-29(20)17-8-6-16(2)7-9-17/h10,12,16-17,20H,3-9,11,13-15H2,1-2H3,(H,26,27,31)/t16?,17?,20-/m0/s1. The molecule has 0 aromatic carbocycles. The van der Waals surface area contributed by atoms with Gasteiger partial charge in [0.15, 0.2) is 0 Å². The van der Waals surface area contributed by atoms with E-state index < -0.39 is 0 Å². The van der Waals surface area contributed by atoms with Gasteiger partial charge in [-0.15, -0.1) is 0 Å². The molecule has 8 nitrogen and oxygen atoms in total. The minimum Gasteiger partial charge on any atom is -0.332 e. The Kier molecular flexibility index (Phi) is 5.88. The van der Waals surface area contributed by atoms with Crippen LogP contribution in [0, 0.1) is 5.92 Å². The maximum absolute atomic E-state index is 13.1. The van der Waals surface area contributed by atoms with Crippen LogP contribution in [0.2, 0.25) is 0 Å². The predicted molar refractivity (Wildman–Crippen MR) is 121 cm³/mol. The third-order valence-corrected chi connectivity index (χ3v) is 7.67. The van der Waals surface area contributed by atoms with Crippen LogP contribution < -0.4 is 5.56 Å². The van der Waals surface area contributed by atoms with E-state index in [1.807, 2.05) is 6.92 Å². The van der Waals surface area contributed by atoms with Gasteiger partial charge in [0.1, 0.15) is 11.5 Å². The van der Waals surface area contributed by atoms with Crippen molar-refractivity contribution in [3.05, 3.63) is 45.4 Å². The van der Waals surface area contributed by atoms with E-state index in [9.17, 15) is 9.59 Å². The summed E-state index contributed by atoms with van der Waals surface area (Å²) in [6.07, 6.45) is 9.56. The SMILES string of the molecule is CCn1nccc1C(=O)N1CCc2nc([C@@H]3CCCN3C3CCC(C)CC3)[nH]c(=O)c2C1. The van der Waals surface area contributed by atoms with Gasteiger partial charge in [-0.05, 0) is 64.0 Å². The van der Waals surface area contributed by atoms with Gasteiger partial charge in [0, 0.05) is 31.7 Å². The van der Waals surface area contributed by atoms with Gasteiger partial charge in [-0.1, -0.05) is 6.92 Å². The zero-order valence-corrected chi connectivity index (χ0v) is 19.2. The molecule has 1 amide bonds. The number of nitrogens with one attached hydrogen (secondary N) is 1. The molecule has 0 unspecified atom stereocenters. The molecular weight excluding hydrogens is 404 g/mol. The normalized spacial score (nSPS) is 26.3. The number of fused-ring (bicyclic) bond motifs is 1. The molecule has 5 rings (SSSR count). The highest BCUT2D eigenvalue weighted by molar-refractivity contribution is 5.92. The van der Waals surface area contributed by atoms with Gasteiger partial charge in [0.2, 0.25) is 0 Å². The first-order valence-electron chi connectivity index (χ1n) is 12.2. The van der Waals surface area contributed by atoms with E-state index in [-0.39, 0.29) is 17.5 Å². The van der Waals surface area contributed by atoms with Crippen LogP contribution in [-0.4, -0.2) is 54.6 Å². The van der Waals surface area contributed by atoms with Gasteiger partial charge in [-0.25, -0.2) is 4.98 Å². The summed E-state index contributed by atoms with van der Waals surface area (Å²) in [4.78, 5) is 38.5. The molecule has 1 aliphatic carbocycles. The summed E-state index contributed by atoms with van der Waals surface area (Å²) >= 11 is 0. The van der Waals surface area contributed by atoms with E-state index >= 15 is 0 Å². The molecule has 0 spiro atoms. The molecule has 1 atom stereocenters. The number of hydrogen-bond donors (Lipinski definition) is 1. The number of hydrogen-bond acceptors (Lipinski definition) is 5. The smallest absolute Gasteiger partial charge is 0.272 e. The molecule has 2 aromatic heterocycles.